The van der Waals surface area contributed by atoms with Crippen LogP contribution in [0.15, 0.2) is 42.0 Å². The first-order valence-electron chi connectivity index (χ1n) is 10.6. The predicted octanol–water partition coefficient (Wildman–Crippen LogP) is 3.45. The van der Waals surface area contributed by atoms with Gasteiger partial charge in [0.2, 0.25) is 0 Å². The number of rotatable bonds is 3. The van der Waals surface area contributed by atoms with Crippen LogP contribution < -0.4 is 0 Å². The van der Waals surface area contributed by atoms with E-state index in [0.717, 1.165) is 5.57 Å². The maximum Gasteiger partial charge on any atom is 0.338 e. The molecule has 0 unspecified atom stereocenters. The highest BCUT2D eigenvalue weighted by atomic mass is 16.7. The lowest BCUT2D eigenvalue weighted by Gasteiger charge is -2.57. The molecule has 3 fully saturated rings. The van der Waals surface area contributed by atoms with Crippen molar-refractivity contribution in [2.45, 2.75) is 70.6 Å². The lowest BCUT2D eigenvalue weighted by molar-refractivity contribution is -0.207. The molecule has 0 aromatic heterocycles. The second kappa shape index (κ2) is 6.41. The predicted molar refractivity (Wildman–Crippen MR) is 108 cm³/mol. The number of hydrogen-bond donors (Lipinski definition) is 0. The molecule has 0 amide bonds. The van der Waals surface area contributed by atoms with E-state index in [1.165, 1.54) is 6.92 Å². The van der Waals surface area contributed by atoms with Gasteiger partial charge < -0.3 is 18.9 Å². The summed E-state index contributed by atoms with van der Waals surface area (Å²) in [6.45, 7) is 8.43. The lowest BCUT2D eigenvalue weighted by Crippen LogP contribution is -2.63. The van der Waals surface area contributed by atoms with E-state index in [9.17, 15) is 9.59 Å². The molecule has 2 aliphatic heterocycles. The van der Waals surface area contributed by atoms with Crippen molar-refractivity contribution in [3.05, 3.63) is 47.5 Å². The number of carbonyl (C=O) groups is 2. The van der Waals surface area contributed by atoms with E-state index >= 15 is 0 Å². The van der Waals surface area contributed by atoms with Crippen molar-refractivity contribution in [2.75, 3.05) is 6.61 Å². The third kappa shape index (κ3) is 2.56. The fraction of sp³-hybridized carbons (Fsp3) is 0.583. The van der Waals surface area contributed by atoms with Gasteiger partial charge in [0.25, 0.3) is 0 Å². The van der Waals surface area contributed by atoms with Gasteiger partial charge in [-0.05, 0) is 37.5 Å². The Kier molecular flexibility index (Phi) is 4.22. The van der Waals surface area contributed by atoms with Crippen LogP contribution in [0.3, 0.4) is 0 Å². The molecule has 2 bridgehead atoms. The fourth-order valence-corrected chi connectivity index (χ4v) is 6.07. The minimum absolute atomic E-state index is 0.144. The van der Waals surface area contributed by atoms with Crippen LogP contribution in [0.25, 0.3) is 0 Å². The lowest BCUT2D eigenvalue weighted by atomic mass is 9.52. The summed E-state index contributed by atoms with van der Waals surface area (Å²) in [5.74, 6) is -0.623. The number of fused-ring (bicyclic) bond motifs is 2. The number of epoxide rings is 1. The highest BCUT2D eigenvalue weighted by molar-refractivity contribution is 5.89. The maximum absolute atomic E-state index is 12.7. The molecule has 0 radical (unpaired) electrons. The molecule has 2 saturated heterocycles. The van der Waals surface area contributed by atoms with Gasteiger partial charge in [0.1, 0.15) is 23.9 Å². The van der Waals surface area contributed by atoms with Crippen LogP contribution >= 0.6 is 0 Å². The van der Waals surface area contributed by atoms with E-state index in [2.05, 4.69) is 19.9 Å². The summed E-state index contributed by atoms with van der Waals surface area (Å²) in [5.41, 5.74) is 0.507. The van der Waals surface area contributed by atoms with Gasteiger partial charge in [0, 0.05) is 17.8 Å². The standard InChI is InChI=1S/C24H28O6/c1-14-10-19-22(3,11-17(14)29-21(26)16-8-6-5-7-9-16)23(4)12-18(28-15(2)25)20(30-19)24(23)13-27-24/h5-10,17-20H,11-13H2,1-4H3/t17-,18+,19+,20+,22-,23+,24-/m0/s1. The van der Waals surface area contributed by atoms with E-state index < -0.39 is 5.60 Å². The summed E-state index contributed by atoms with van der Waals surface area (Å²) in [6.07, 6.45) is 2.33. The Morgan fingerprint density at radius 1 is 1.10 bits per heavy atom. The van der Waals surface area contributed by atoms with Crippen molar-refractivity contribution in [1.82, 2.24) is 0 Å². The number of ether oxygens (including phenoxy) is 4. The zero-order chi connectivity index (χ0) is 21.3. The largest absolute Gasteiger partial charge is 0.460 e. The SMILES string of the molecule is CC(=O)O[C@@H]1C[C@]2(C)[C@@]3(C)C[C@H](OC(=O)c4ccccc4)C(C)=C[C@H]3O[C@H]1[C@@]21CO1. The average molecular weight is 412 g/mol. The fourth-order valence-electron chi connectivity index (χ4n) is 6.07. The van der Waals surface area contributed by atoms with Crippen molar-refractivity contribution in [3.63, 3.8) is 0 Å². The zero-order valence-electron chi connectivity index (χ0n) is 17.8. The Morgan fingerprint density at radius 2 is 1.80 bits per heavy atom. The highest BCUT2D eigenvalue weighted by Crippen LogP contribution is 2.71. The second-order valence-electron chi connectivity index (χ2n) is 9.63. The maximum atomic E-state index is 12.7. The van der Waals surface area contributed by atoms with Crippen LogP contribution in [0.4, 0.5) is 0 Å². The Hall–Kier alpha value is -2.18. The molecule has 1 aromatic rings. The van der Waals surface area contributed by atoms with Crippen LogP contribution in [0.5, 0.6) is 0 Å². The molecular weight excluding hydrogens is 384 g/mol. The van der Waals surface area contributed by atoms with E-state index in [-0.39, 0.29) is 47.2 Å². The Balaban J connectivity index is 1.45. The molecule has 160 valence electrons. The molecular formula is C24H28O6. The van der Waals surface area contributed by atoms with Gasteiger partial charge in [0.15, 0.2) is 0 Å². The molecule has 4 aliphatic rings. The first kappa shape index (κ1) is 19.8. The van der Waals surface area contributed by atoms with Crippen molar-refractivity contribution < 1.29 is 28.5 Å². The third-order valence-corrected chi connectivity index (χ3v) is 8.09. The van der Waals surface area contributed by atoms with Gasteiger partial charge in [-0.2, -0.15) is 0 Å². The van der Waals surface area contributed by atoms with Crippen LogP contribution in [0.1, 0.15) is 50.9 Å². The van der Waals surface area contributed by atoms with E-state index in [4.69, 9.17) is 18.9 Å². The number of benzene rings is 1. The summed E-state index contributed by atoms with van der Waals surface area (Å²) >= 11 is 0. The summed E-state index contributed by atoms with van der Waals surface area (Å²) in [5, 5.41) is 0. The second-order valence-corrected chi connectivity index (χ2v) is 9.63. The summed E-state index contributed by atoms with van der Waals surface area (Å²) < 4.78 is 24.1. The van der Waals surface area contributed by atoms with Crippen molar-refractivity contribution in [2.24, 2.45) is 10.8 Å². The quantitative estimate of drug-likeness (QED) is 0.430. The molecule has 2 heterocycles. The van der Waals surface area contributed by atoms with Crippen LogP contribution in [-0.4, -0.2) is 48.6 Å². The monoisotopic (exact) mass is 412 g/mol. The van der Waals surface area contributed by atoms with Crippen molar-refractivity contribution >= 4 is 11.9 Å². The summed E-state index contributed by atoms with van der Waals surface area (Å²) in [6, 6.07) is 9.06. The number of esters is 2. The summed E-state index contributed by atoms with van der Waals surface area (Å²) in [7, 11) is 0. The Labute approximate surface area is 176 Å². The first-order valence-corrected chi connectivity index (χ1v) is 10.6. The topological polar surface area (TPSA) is 74.4 Å². The van der Waals surface area contributed by atoms with Gasteiger partial charge in [-0.25, -0.2) is 4.79 Å². The molecule has 7 atom stereocenters. The molecule has 1 spiro atoms. The van der Waals surface area contributed by atoms with Gasteiger partial charge >= 0.3 is 11.9 Å². The van der Waals surface area contributed by atoms with Gasteiger partial charge in [0.05, 0.1) is 18.3 Å². The molecule has 6 heteroatoms. The highest BCUT2D eigenvalue weighted by Gasteiger charge is 2.81. The molecule has 5 rings (SSSR count). The zero-order valence-corrected chi connectivity index (χ0v) is 17.8. The molecule has 6 nitrogen and oxygen atoms in total. The Morgan fingerprint density at radius 3 is 2.43 bits per heavy atom. The minimum atomic E-state index is -0.439. The smallest absolute Gasteiger partial charge is 0.338 e. The normalized spacial score (nSPS) is 43.5. The molecule has 0 N–H and O–H groups in total. The molecule has 1 saturated carbocycles. The molecule has 2 aliphatic carbocycles. The third-order valence-electron chi connectivity index (χ3n) is 8.09. The van der Waals surface area contributed by atoms with Gasteiger partial charge in [-0.1, -0.05) is 38.1 Å². The molecule has 1 aromatic carbocycles. The van der Waals surface area contributed by atoms with E-state index in [1.807, 2.05) is 25.1 Å². The van der Waals surface area contributed by atoms with Crippen LogP contribution in [0, 0.1) is 10.8 Å². The molecule has 30 heavy (non-hydrogen) atoms. The van der Waals surface area contributed by atoms with E-state index in [1.54, 1.807) is 12.1 Å². The Bertz CT molecular complexity index is 919. The van der Waals surface area contributed by atoms with Crippen molar-refractivity contribution in [1.29, 1.82) is 0 Å². The minimum Gasteiger partial charge on any atom is -0.460 e. The number of hydrogen-bond acceptors (Lipinski definition) is 6. The van der Waals surface area contributed by atoms with Crippen LogP contribution in [0.2, 0.25) is 0 Å². The van der Waals surface area contributed by atoms with Gasteiger partial charge in [-0.15, -0.1) is 0 Å². The van der Waals surface area contributed by atoms with Crippen molar-refractivity contribution in [3.8, 4) is 0 Å². The first-order chi connectivity index (χ1) is 14.2. The number of carbonyl (C=O) groups excluding carboxylic acids is 2. The van der Waals surface area contributed by atoms with Crippen LogP contribution in [-0.2, 0) is 23.7 Å². The van der Waals surface area contributed by atoms with E-state index in [0.29, 0.717) is 25.0 Å². The average Bonchev–Trinajstić information content (AvgIpc) is 3.47. The van der Waals surface area contributed by atoms with Gasteiger partial charge in [-0.3, -0.25) is 4.79 Å². The summed E-state index contributed by atoms with van der Waals surface area (Å²) in [4.78, 5) is 24.4.